The Morgan fingerprint density at radius 1 is 1.17 bits per heavy atom. The van der Waals surface area contributed by atoms with Gasteiger partial charge in [-0.05, 0) is 74.0 Å². The fraction of sp³-hybridized carbons (Fsp3) is 0.650. The number of nitrogens with two attached hydrogens (primary N) is 1. The number of hydrogen-bond acceptors (Lipinski definition) is 2. The molecule has 130 valence electrons. The number of rotatable bonds is 4. The molecule has 24 heavy (non-hydrogen) atoms. The highest BCUT2D eigenvalue weighted by Crippen LogP contribution is 2.64. The van der Waals surface area contributed by atoms with Gasteiger partial charge < -0.3 is 16.2 Å². The second-order valence-electron chi connectivity index (χ2n) is 8.34. The molecule has 4 rings (SSSR count). The minimum atomic E-state index is -0.0250. The number of aliphatic imine (C=N–C) groups is 1. The molecule has 3 aliphatic rings. The first kappa shape index (κ1) is 15.9. The van der Waals surface area contributed by atoms with Gasteiger partial charge in [-0.3, -0.25) is 4.99 Å². The summed E-state index contributed by atoms with van der Waals surface area (Å²) in [5.74, 6) is 0.483. The summed E-state index contributed by atoms with van der Waals surface area (Å²) in [7, 11) is 0. The number of hydrogen-bond donors (Lipinski definition) is 3. The van der Waals surface area contributed by atoms with Crippen molar-refractivity contribution in [2.45, 2.75) is 57.8 Å². The third-order valence-electron chi connectivity index (χ3n) is 6.49. The SMILES string of the molecule is NC(=NCC1(CO)CC2(CCC2)C1)Nc1cccc2c1CCCC2. The van der Waals surface area contributed by atoms with Crippen molar-refractivity contribution in [3.63, 3.8) is 0 Å². The van der Waals surface area contributed by atoms with Crippen molar-refractivity contribution in [2.75, 3.05) is 18.5 Å². The van der Waals surface area contributed by atoms with Crippen LogP contribution in [0, 0.1) is 10.8 Å². The molecule has 0 aromatic heterocycles. The van der Waals surface area contributed by atoms with E-state index >= 15 is 0 Å². The van der Waals surface area contributed by atoms with Crippen molar-refractivity contribution >= 4 is 11.6 Å². The molecule has 1 spiro atoms. The first-order valence-corrected chi connectivity index (χ1v) is 9.42. The third-order valence-corrected chi connectivity index (χ3v) is 6.49. The van der Waals surface area contributed by atoms with E-state index in [1.165, 1.54) is 43.2 Å². The summed E-state index contributed by atoms with van der Waals surface area (Å²) in [6.07, 6.45) is 11.1. The molecule has 1 aromatic carbocycles. The van der Waals surface area contributed by atoms with E-state index < -0.39 is 0 Å². The minimum Gasteiger partial charge on any atom is -0.396 e. The number of benzene rings is 1. The van der Waals surface area contributed by atoms with Crippen molar-refractivity contribution in [1.82, 2.24) is 0 Å². The smallest absolute Gasteiger partial charge is 0.193 e. The van der Waals surface area contributed by atoms with Crippen LogP contribution < -0.4 is 11.1 Å². The van der Waals surface area contributed by atoms with Gasteiger partial charge in [-0.2, -0.15) is 0 Å². The molecule has 0 atom stereocenters. The molecule has 4 nitrogen and oxygen atoms in total. The highest BCUT2D eigenvalue weighted by Gasteiger charge is 2.56. The Balaban J connectivity index is 1.41. The number of nitrogens with one attached hydrogen (secondary N) is 1. The van der Waals surface area contributed by atoms with Crippen molar-refractivity contribution in [1.29, 1.82) is 0 Å². The van der Waals surface area contributed by atoms with Crippen LogP contribution in [0.25, 0.3) is 0 Å². The van der Waals surface area contributed by atoms with Gasteiger partial charge in [0.25, 0.3) is 0 Å². The lowest BCUT2D eigenvalue weighted by Crippen LogP contribution is -2.54. The molecule has 0 amide bonds. The molecule has 0 bridgehead atoms. The van der Waals surface area contributed by atoms with Gasteiger partial charge in [-0.15, -0.1) is 0 Å². The minimum absolute atomic E-state index is 0.0250. The van der Waals surface area contributed by atoms with Gasteiger partial charge >= 0.3 is 0 Å². The van der Waals surface area contributed by atoms with Crippen LogP contribution in [0.4, 0.5) is 5.69 Å². The van der Waals surface area contributed by atoms with Crippen LogP contribution in [0.5, 0.6) is 0 Å². The van der Waals surface area contributed by atoms with Gasteiger partial charge in [0, 0.05) is 11.1 Å². The predicted octanol–water partition coefficient (Wildman–Crippen LogP) is 3.23. The fourth-order valence-corrected chi connectivity index (χ4v) is 5.17. The van der Waals surface area contributed by atoms with Crippen LogP contribution in [-0.4, -0.2) is 24.2 Å². The number of anilines is 1. The van der Waals surface area contributed by atoms with Crippen molar-refractivity contribution < 1.29 is 5.11 Å². The van der Waals surface area contributed by atoms with Crippen LogP contribution in [0.3, 0.4) is 0 Å². The van der Waals surface area contributed by atoms with E-state index in [2.05, 4.69) is 28.5 Å². The second-order valence-corrected chi connectivity index (χ2v) is 8.34. The molecule has 4 heteroatoms. The number of aliphatic hydroxyl groups excluding tert-OH is 1. The quantitative estimate of drug-likeness (QED) is 0.587. The Bertz CT molecular complexity index is 640. The van der Waals surface area contributed by atoms with Crippen molar-refractivity contribution in [3.8, 4) is 0 Å². The molecule has 4 N–H and O–H groups in total. The van der Waals surface area contributed by atoms with E-state index in [0.717, 1.165) is 31.4 Å². The largest absolute Gasteiger partial charge is 0.396 e. The first-order chi connectivity index (χ1) is 11.6. The molecule has 3 aliphatic carbocycles. The van der Waals surface area contributed by atoms with Gasteiger partial charge in [0.15, 0.2) is 5.96 Å². The zero-order valence-corrected chi connectivity index (χ0v) is 14.5. The van der Waals surface area contributed by atoms with Gasteiger partial charge in [0.05, 0.1) is 13.2 Å². The van der Waals surface area contributed by atoms with Gasteiger partial charge in [0.2, 0.25) is 0 Å². The topological polar surface area (TPSA) is 70.6 Å². The average molecular weight is 327 g/mol. The normalized spacial score (nSPS) is 24.0. The monoisotopic (exact) mass is 327 g/mol. The maximum absolute atomic E-state index is 9.82. The summed E-state index contributed by atoms with van der Waals surface area (Å²) in [5, 5.41) is 13.1. The van der Waals surface area contributed by atoms with Gasteiger partial charge in [-0.1, -0.05) is 18.6 Å². The summed E-state index contributed by atoms with van der Waals surface area (Å²) in [4.78, 5) is 4.58. The molecule has 1 aromatic rings. The highest BCUT2D eigenvalue weighted by atomic mass is 16.3. The van der Waals surface area contributed by atoms with E-state index in [0.29, 0.717) is 17.9 Å². The molecular weight excluding hydrogens is 298 g/mol. The maximum Gasteiger partial charge on any atom is 0.193 e. The van der Waals surface area contributed by atoms with Crippen molar-refractivity contribution in [2.24, 2.45) is 21.6 Å². The maximum atomic E-state index is 9.82. The summed E-state index contributed by atoms with van der Waals surface area (Å²) in [6, 6.07) is 6.42. The number of aliphatic hydroxyl groups is 1. The average Bonchev–Trinajstić information content (AvgIpc) is 2.53. The zero-order chi connectivity index (χ0) is 16.6. The number of guanidine groups is 1. The molecule has 0 heterocycles. The molecule has 0 saturated heterocycles. The Morgan fingerprint density at radius 2 is 1.96 bits per heavy atom. The summed E-state index contributed by atoms with van der Waals surface area (Å²) in [6.45, 7) is 0.866. The number of aryl methyl sites for hydroxylation is 1. The van der Waals surface area contributed by atoms with E-state index in [4.69, 9.17) is 5.73 Å². The van der Waals surface area contributed by atoms with E-state index in [9.17, 15) is 5.11 Å². The van der Waals surface area contributed by atoms with Crippen LogP contribution in [-0.2, 0) is 12.8 Å². The van der Waals surface area contributed by atoms with Crippen LogP contribution in [0.15, 0.2) is 23.2 Å². The molecular formula is C20H29N3O. The lowest BCUT2D eigenvalue weighted by atomic mass is 9.45. The lowest BCUT2D eigenvalue weighted by molar-refractivity contribution is -0.114. The highest BCUT2D eigenvalue weighted by molar-refractivity contribution is 5.93. The summed E-state index contributed by atoms with van der Waals surface area (Å²) in [5.41, 5.74) is 10.6. The standard InChI is InChI=1S/C20H29N3O/c21-18(22-13-20(14-24)11-19(12-20)9-4-10-19)23-17-8-3-6-15-5-1-2-7-16(15)17/h3,6,8,24H,1-2,4-5,7,9-14H2,(H3,21,22,23). The predicted molar refractivity (Wildman–Crippen MR) is 98.2 cm³/mol. The summed E-state index contributed by atoms with van der Waals surface area (Å²) < 4.78 is 0. The van der Waals surface area contributed by atoms with Gasteiger partial charge in [-0.25, -0.2) is 0 Å². The Morgan fingerprint density at radius 3 is 2.67 bits per heavy atom. The Labute approximate surface area is 144 Å². The lowest BCUT2D eigenvalue weighted by Gasteiger charge is -2.60. The second kappa shape index (κ2) is 6.07. The number of nitrogens with zero attached hydrogens (tertiary/aromatic N) is 1. The van der Waals surface area contributed by atoms with Crippen LogP contribution in [0.2, 0.25) is 0 Å². The Kier molecular flexibility index (Phi) is 4.03. The fourth-order valence-electron chi connectivity index (χ4n) is 5.17. The molecule has 0 aliphatic heterocycles. The van der Waals surface area contributed by atoms with Gasteiger partial charge in [0.1, 0.15) is 0 Å². The van der Waals surface area contributed by atoms with E-state index in [1.54, 1.807) is 0 Å². The zero-order valence-electron chi connectivity index (χ0n) is 14.5. The van der Waals surface area contributed by atoms with Crippen molar-refractivity contribution in [3.05, 3.63) is 29.3 Å². The Hall–Kier alpha value is -1.55. The van der Waals surface area contributed by atoms with Crippen LogP contribution >= 0.6 is 0 Å². The number of fused-ring (bicyclic) bond motifs is 1. The molecule has 0 radical (unpaired) electrons. The molecule has 2 fully saturated rings. The summed E-state index contributed by atoms with van der Waals surface area (Å²) >= 11 is 0. The van der Waals surface area contributed by atoms with Crippen LogP contribution in [0.1, 0.15) is 56.1 Å². The first-order valence-electron chi connectivity index (χ1n) is 9.42. The molecule has 2 saturated carbocycles. The van der Waals surface area contributed by atoms with E-state index in [1.807, 2.05) is 0 Å². The molecule has 0 unspecified atom stereocenters. The third kappa shape index (κ3) is 2.81. The van der Waals surface area contributed by atoms with E-state index in [-0.39, 0.29) is 12.0 Å².